The molecule has 2 heteroatoms. The molecular weight excluding hydrogens is 124 g/mol. The van der Waals surface area contributed by atoms with Crippen molar-refractivity contribution in [3.8, 4) is 0 Å². The van der Waals surface area contributed by atoms with Crippen LogP contribution in [0, 0.1) is 0 Å². The van der Waals surface area contributed by atoms with Gasteiger partial charge in [-0.3, -0.25) is 0 Å². The Balaban J connectivity index is 1.93. The first-order valence-electron chi connectivity index (χ1n) is 4.25. The van der Waals surface area contributed by atoms with Gasteiger partial charge in [0, 0.05) is 6.04 Å². The smallest absolute Gasteiger partial charge is 0.00913 e. The fourth-order valence-electron chi connectivity index (χ4n) is 1.13. The van der Waals surface area contributed by atoms with Crippen LogP contribution in [0.3, 0.4) is 0 Å². The average Bonchev–Trinajstić information content (AvgIpc) is 1.84. The maximum atomic E-state index is 3.40. The van der Waals surface area contributed by atoms with Crippen LogP contribution in [-0.4, -0.2) is 37.6 Å². The normalized spacial score (nSPS) is 24.9. The van der Waals surface area contributed by atoms with E-state index in [0.29, 0.717) is 0 Å². The lowest BCUT2D eigenvalue weighted by atomic mass is 10.0. The van der Waals surface area contributed by atoms with E-state index < -0.39 is 0 Å². The lowest BCUT2D eigenvalue weighted by molar-refractivity contribution is 0.279. The summed E-state index contributed by atoms with van der Waals surface area (Å²) in [6, 6.07) is 0.828. The highest BCUT2D eigenvalue weighted by molar-refractivity contribution is 4.77. The zero-order chi connectivity index (χ0) is 7.40. The van der Waals surface area contributed by atoms with Crippen molar-refractivity contribution < 1.29 is 0 Å². The third-order valence-corrected chi connectivity index (χ3v) is 2.32. The Morgan fingerprint density at radius 2 is 2.30 bits per heavy atom. The van der Waals surface area contributed by atoms with Crippen LogP contribution in [0.25, 0.3) is 0 Å². The molecule has 2 nitrogen and oxygen atoms in total. The number of nitrogens with zero attached hydrogens (tertiary/aromatic N) is 1. The topological polar surface area (TPSA) is 15.3 Å². The van der Waals surface area contributed by atoms with Crippen LogP contribution in [0.1, 0.15) is 19.8 Å². The van der Waals surface area contributed by atoms with Gasteiger partial charge in [0.1, 0.15) is 0 Å². The van der Waals surface area contributed by atoms with Crippen LogP contribution in [0.15, 0.2) is 0 Å². The highest BCUT2D eigenvalue weighted by Gasteiger charge is 2.15. The van der Waals surface area contributed by atoms with E-state index in [-0.39, 0.29) is 0 Å². The van der Waals surface area contributed by atoms with Crippen molar-refractivity contribution in [3.63, 3.8) is 0 Å². The second-order valence-electron chi connectivity index (χ2n) is 3.12. The molecule has 0 aromatic rings. The lowest BCUT2D eigenvalue weighted by Gasteiger charge is -2.29. The van der Waals surface area contributed by atoms with E-state index in [1.807, 2.05) is 0 Å². The molecule has 1 unspecified atom stereocenters. The summed E-state index contributed by atoms with van der Waals surface area (Å²) in [6.07, 6.45) is 2.71. The van der Waals surface area contributed by atoms with Gasteiger partial charge < -0.3 is 10.2 Å². The molecule has 0 saturated carbocycles. The maximum absolute atomic E-state index is 3.40. The molecule has 1 aliphatic rings. The van der Waals surface area contributed by atoms with Gasteiger partial charge in [0.05, 0.1) is 0 Å². The first-order valence-corrected chi connectivity index (χ1v) is 4.25. The summed E-state index contributed by atoms with van der Waals surface area (Å²) in [4.78, 5) is 2.36. The molecule has 1 rings (SSSR count). The first kappa shape index (κ1) is 8.02. The molecule has 0 aliphatic carbocycles. The van der Waals surface area contributed by atoms with Crippen molar-refractivity contribution in [2.45, 2.75) is 25.8 Å². The zero-order valence-corrected chi connectivity index (χ0v) is 7.06. The van der Waals surface area contributed by atoms with Crippen LogP contribution >= 0.6 is 0 Å². The molecule has 0 spiro atoms. The van der Waals surface area contributed by atoms with E-state index in [0.717, 1.165) is 6.04 Å². The van der Waals surface area contributed by atoms with Gasteiger partial charge in [-0.15, -0.1) is 0 Å². The van der Waals surface area contributed by atoms with Crippen LogP contribution in [0.4, 0.5) is 0 Å². The zero-order valence-electron chi connectivity index (χ0n) is 7.06. The minimum absolute atomic E-state index is 0.828. The van der Waals surface area contributed by atoms with E-state index in [2.05, 4.69) is 24.2 Å². The first-order chi connectivity index (χ1) is 4.83. The Labute approximate surface area is 63.6 Å². The molecule has 1 aliphatic heterocycles. The molecule has 1 saturated heterocycles. The molecule has 60 valence electrons. The third-order valence-electron chi connectivity index (χ3n) is 2.32. The predicted molar refractivity (Wildman–Crippen MR) is 44.2 cm³/mol. The SMILES string of the molecule is CCN(C)CCC1CCN1. The Morgan fingerprint density at radius 3 is 2.70 bits per heavy atom. The fourth-order valence-corrected chi connectivity index (χ4v) is 1.13. The molecule has 0 bridgehead atoms. The summed E-state index contributed by atoms with van der Waals surface area (Å²) in [5, 5.41) is 3.40. The minimum Gasteiger partial charge on any atom is -0.314 e. The Hall–Kier alpha value is -0.0800. The van der Waals surface area contributed by atoms with Crippen LogP contribution in [0.5, 0.6) is 0 Å². The van der Waals surface area contributed by atoms with Crippen LogP contribution in [0.2, 0.25) is 0 Å². The molecule has 10 heavy (non-hydrogen) atoms. The number of hydrogen-bond acceptors (Lipinski definition) is 2. The lowest BCUT2D eigenvalue weighted by Crippen LogP contribution is -2.44. The minimum atomic E-state index is 0.828. The van der Waals surface area contributed by atoms with E-state index in [4.69, 9.17) is 0 Å². The van der Waals surface area contributed by atoms with Gasteiger partial charge in [0.2, 0.25) is 0 Å². The van der Waals surface area contributed by atoms with E-state index in [9.17, 15) is 0 Å². The monoisotopic (exact) mass is 142 g/mol. The van der Waals surface area contributed by atoms with Crippen LogP contribution < -0.4 is 5.32 Å². The van der Waals surface area contributed by atoms with Crippen molar-refractivity contribution in [2.75, 3.05) is 26.7 Å². The summed E-state index contributed by atoms with van der Waals surface area (Å²) in [6.45, 7) is 5.86. The quantitative estimate of drug-likeness (QED) is 0.621. The maximum Gasteiger partial charge on any atom is 0.00913 e. The van der Waals surface area contributed by atoms with Gasteiger partial charge in [-0.25, -0.2) is 0 Å². The number of hydrogen-bond donors (Lipinski definition) is 1. The van der Waals surface area contributed by atoms with E-state index >= 15 is 0 Å². The number of rotatable bonds is 4. The highest BCUT2D eigenvalue weighted by atomic mass is 15.1. The predicted octanol–water partition coefficient (Wildman–Crippen LogP) is 0.690. The molecule has 1 atom stereocenters. The standard InChI is InChI=1S/C8H18N2/c1-3-10(2)7-5-8-4-6-9-8/h8-9H,3-7H2,1-2H3. The summed E-state index contributed by atoms with van der Waals surface area (Å²) in [5.74, 6) is 0. The van der Waals surface area contributed by atoms with Gasteiger partial charge >= 0.3 is 0 Å². The van der Waals surface area contributed by atoms with Gasteiger partial charge in [-0.05, 0) is 39.5 Å². The van der Waals surface area contributed by atoms with Gasteiger partial charge in [-0.2, -0.15) is 0 Å². The van der Waals surface area contributed by atoms with E-state index in [1.165, 1.54) is 32.5 Å². The van der Waals surface area contributed by atoms with Crippen molar-refractivity contribution >= 4 is 0 Å². The van der Waals surface area contributed by atoms with Crippen molar-refractivity contribution in [1.29, 1.82) is 0 Å². The number of nitrogens with one attached hydrogen (secondary N) is 1. The highest BCUT2D eigenvalue weighted by Crippen LogP contribution is 2.06. The summed E-state index contributed by atoms with van der Waals surface area (Å²) < 4.78 is 0. The van der Waals surface area contributed by atoms with Crippen LogP contribution in [-0.2, 0) is 0 Å². The van der Waals surface area contributed by atoms with Crippen molar-refractivity contribution in [2.24, 2.45) is 0 Å². The average molecular weight is 142 g/mol. The summed E-state index contributed by atoms with van der Waals surface area (Å²) in [5.41, 5.74) is 0. The summed E-state index contributed by atoms with van der Waals surface area (Å²) in [7, 11) is 2.18. The molecule has 0 amide bonds. The summed E-state index contributed by atoms with van der Waals surface area (Å²) >= 11 is 0. The van der Waals surface area contributed by atoms with Gasteiger partial charge in [0.15, 0.2) is 0 Å². The molecule has 1 fully saturated rings. The second-order valence-corrected chi connectivity index (χ2v) is 3.12. The largest absolute Gasteiger partial charge is 0.314 e. The molecule has 1 N–H and O–H groups in total. The van der Waals surface area contributed by atoms with E-state index in [1.54, 1.807) is 0 Å². The van der Waals surface area contributed by atoms with Crippen molar-refractivity contribution in [1.82, 2.24) is 10.2 Å². The van der Waals surface area contributed by atoms with Gasteiger partial charge in [-0.1, -0.05) is 6.92 Å². The molecule has 0 radical (unpaired) electrons. The Morgan fingerprint density at radius 1 is 1.60 bits per heavy atom. The third kappa shape index (κ3) is 2.27. The molecular formula is C8H18N2. The van der Waals surface area contributed by atoms with Crippen molar-refractivity contribution in [3.05, 3.63) is 0 Å². The van der Waals surface area contributed by atoms with Gasteiger partial charge in [0.25, 0.3) is 0 Å². The molecule has 1 heterocycles. The fraction of sp³-hybridized carbons (Fsp3) is 1.00. The Kier molecular flexibility index (Phi) is 3.16. The Bertz CT molecular complexity index is 84.5. The second kappa shape index (κ2) is 3.94. The molecule has 0 aromatic heterocycles. The molecule has 0 aromatic carbocycles.